The first kappa shape index (κ1) is 16.8. The third-order valence-electron chi connectivity index (χ3n) is 4.16. The SMILES string of the molecule is CN(C(=O)[C@@H]1COc2ccccc2O1)[C@@H](Cc1ccccc1)C(=O)O. The van der Waals surface area contributed by atoms with Crippen molar-refractivity contribution in [2.45, 2.75) is 18.6 Å². The Labute approximate surface area is 145 Å². The zero-order valence-corrected chi connectivity index (χ0v) is 13.8. The number of carboxylic acid groups (broad SMARTS) is 1. The fourth-order valence-corrected chi connectivity index (χ4v) is 2.75. The summed E-state index contributed by atoms with van der Waals surface area (Å²) in [7, 11) is 1.48. The molecule has 0 saturated heterocycles. The number of carbonyl (C=O) groups excluding carboxylic acids is 1. The summed E-state index contributed by atoms with van der Waals surface area (Å²) in [6, 6.07) is 15.3. The molecule has 130 valence electrons. The van der Waals surface area contributed by atoms with Crippen molar-refractivity contribution in [1.82, 2.24) is 4.90 Å². The molecule has 6 nitrogen and oxygen atoms in total. The number of ether oxygens (including phenoxy) is 2. The molecule has 1 heterocycles. The average molecular weight is 341 g/mol. The lowest BCUT2D eigenvalue weighted by atomic mass is 10.0. The highest BCUT2D eigenvalue weighted by molar-refractivity contribution is 5.87. The van der Waals surface area contributed by atoms with Crippen molar-refractivity contribution in [3.63, 3.8) is 0 Å². The first-order chi connectivity index (χ1) is 12.1. The van der Waals surface area contributed by atoms with Crippen LogP contribution in [0.25, 0.3) is 0 Å². The summed E-state index contributed by atoms with van der Waals surface area (Å²) in [5.41, 5.74) is 0.848. The van der Waals surface area contributed by atoms with Gasteiger partial charge in [0.2, 0.25) is 6.10 Å². The second-order valence-electron chi connectivity index (χ2n) is 5.86. The summed E-state index contributed by atoms with van der Waals surface area (Å²) in [5, 5.41) is 9.54. The van der Waals surface area contributed by atoms with E-state index < -0.39 is 24.0 Å². The average Bonchev–Trinajstić information content (AvgIpc) is 2.65. The maximum atomic E-state index is 12.7. The van der Waals surface area contributed by atoms with Crippen LogP contribution < -0.4 is 9.47 Å². The van der Waals surface area contributed by atoms with E-state index in [0.29, 0.717) is 11.5 Å². The van der Waals surface area contributed by atoms with E-state index in [4.69, 9.17) is 9.47 Å². The topological polar surface area (TPSA) is 76.1 Å². The fourth-order valence-electron chi connectivity index (χ4n) is 2.75. The minimum Gasteiger partial charge on any atom is -0.485 e. The van der Waals surface area contributed by atoms with Gasteiger partial charge in [-0.15, -0.1) is 0 Å². The van der Waals surface area contributed by atoms with Crippen LogP contribution in [0.5, 0.6) is 11.5 Å². The van der Waals surface area contributed by atoms with Gasteiger partial charge in [0.05, 0.1) is 0 Å². The number of hydrogen-bond donors (Lipinski definition) is 1. The molecule has 2 aromatic carbocycles. The highest BCUT2D eigenvalue weighted by Crippen LogP contribution is 2.31. The molecule has 0 radical (unpaired) electrons. The summed E-state index contributed by atoms with van der Waals surface area (Å²) in [6.45, 7) is 0.0534. The van der Waals surface area contributed by atoms with Crippen molar-refractivity contribution >= 4 is 11.9 Å². The monoisotopic (exact) mass is 341 g/mol. The summed E-state index contributed by atoms with van der Waals surface area (Å²) in [5.74, 6) is -0.418. The minimum absolute atomic E-state index is 0.0534. The zero-order chi connectivity index (χ0) is 17.8. The molecule has 0 saturated carbocycles. The van der Waals surface area contributed by atoms with Gasteiger partial charge in [-0.2, -0.15) is 0 Å². The van der Waals surface area contributed by atoms with Crippen molar-refractivity contribution in [2.75, 3.05) is 13.7 Å². The van der Waals surface area contributed by atoms with Crippen LogP contribution >= 0.6 is 0 Å². The molecule has 0 unspecified atom stereocenters. The molecule has 2 aromatic rings. The lowest BCUT2D eigenvalue weighted by molar-refractivity contribution is -0.153. The van der Waals surface area contributed by atoms with Gasteiger partial charge >= 0.3 is 5.97 Å². The van der Waals surface area contributed by atoms with E-state index in [2.05, 4.69) is 0 Å². The smallest absolute Gasteiger partial charge is 0.326 e. The van der Waals surface area contributed by atoms with Gasteiger partial charge in [-0.3, -0.25) is 4.79 Å². The molecule has 1 amide bonds. The largest absolute Gasteiger partial charge is 0.485 e. The van der Waals surface area contributed by atoms with E-state index >= 15 is 0 Å². The maximum Gasteiger partial charge on any atom is 0.326 e. The maximum absolute atomic E-state index is 12.7. The Morgan fingerprint density at radius 3 is 2.44 bits per heavy atom. The molecule has 0 aromatic heterocycles. The van der Waals surface area contributed by atoms with Gasteiger partial charge in [-0.25, -0.2) is 4.79 Å². The quantitative estimate of drug-likeness (QED) is 0.900. The van der Waals surface area contributed by atoms with Gasteiger partial charge in [-0.05, 0) is 17.7 Å². The molecule has 1 aliphatic rings. The molecule has 3 rings (SSSR count). The normalized spacial score (nSPS) is 16.8. The van der Waals surface area contributed by atoms with Crippen LogP contribution in [0.3, 0.4) is 0 Å². The molecule has 0 aliphatic carbocycles. The predicted octanol–water partition coefficient (Wildman–Crippen LogP) is 1.98. The molecule has 0 spiro atoms. The van der Waals surface area contributed by atoms with Gasteiger partial charge < -0.3 is 19.5 Å². The second-order valence-corrected chi connectivity index (χ2v) is 5.86. The van der Waals surface area contributed by atoms with E-state index in [9.17, 15) is 14.7 Å². The van der Waals surface area contributed by atoms with Gasteiger partial charge in [-0.1, -0.05) is 42.5 Å². The van der Waals surface area contributed by atoms with Crippen LogP contribution in [-0.2, 0) is 16.0 Å². The van der Waals surface area contributed by atoms with E-state index in [1.807, 2.05) is 36.4 Å². The van der Waals surface area contributed by atoms with Crippen molar-refractivity contribution in [2.24, 2.45) is 0 Å². The number of carbonyl (C=O) groups is 2. The van der Waals surface area contributed by atoms with Crippen LogP contribution in [0.15, 0.2) is 54.6 Å². The Morgan fingerprint density at radius 2 is 1.76 bits per heavy atom. The first-order valence-corrected chi connectivity index (χ1v) is 7.98. The summed E-state index contributed by atoms with van der Waals surface area (Å²) < 4.78 is 11.2. The lowest BCUT2D eigenvalue weighted by Crippen LogP contribution is -2.51. The third kappa shape index (κ3) is 3.74. The van der Waals surface area contributed by atoms with E-state index in [0.717, 1.165) is 5.56 Å². The molecular formula is C19H19NO5. The van der Waals surface area contributed by atoms with Crippen molar-refractivity contribution in [3.05, 3.63) is 60.2 Å². The van der Waals surface area contributed by atoms with Gasteiger partial charge in [0, 0.05) is 13.5 Å². The molecule has 1 aliphatic heterocycles. The number of rotatable bonds is 5. The number of likely N-dealkylation sites (N-methyl/N-ethyl adjacent to an activating group) is 1. The van der Waals surface area contributed by atoms with Crippen molar-refractivity contribution in [3.8, 4) is 11.5 Å². The number of hydrogen-bond acceptors (Lipinski definition) is 4. The van der Waals surface area contributed by atoms with E-state index in [-0.39, 0.29) is 13.0 Å². The molecular weight excluding hydrogens is 322 g/mol. The number of carboxylic acids is 1. The molecule has 0 fully saturated rings. The molecule has 6 heteroatoms. The Bertz CT molecular complexity index is 761. The van der Waals surface area contributed by atoms with Crippen LogP contribution in [0, 0.1) is 0 Å². The molecule has 2 atom stereocenters. The van der Waals surface area contributed by atoms with Crippen LogP contribution in [0.2, 0.25) is 0 Å². The fraction of sp³-hybridized carbons (Fsp3) is 0.263. The zero-order valence-electron chi connectivity index (χ0n) is 13.8. The molecule has 1 N–H and O–H groups in total. The first-order valence-electron chi connectivity index (χ1n) is 7.98. The summed E-state index contributed by atoms with van der Waals surface area (Å²) >= 11 is 0. The van der Waals surface area contributed by atoms with Gasteiger partial charge in [0.25, 0.3) is 5.91 Å². The minimum atomic E-state index is -1.06. The number of benzene rings is 2. The third-order valence-corrected chi connectivity index (χ3v) is 4.16. The predicted molar refractivity (Wildman–Crippen MR) is 90.7 cm³/mol. The Morgan fingerprint density at radius 1 is 1.12 bits per heavy atom. The van der Waals surface area contributed by atoms with Crippen molar-refractivity contribution < 1.29 is 24.2 Å². The van der Waals surface area contributed by atoms with Crippen molar-refractivity contribution in [1.29, 1.82) is 0 Å². The van der Waals surface area contributed by atoms with Crippen LogP contribution in [0.4, 0.5) is 0 Å². The summed E-state index contributed by atoms with van der Waals surface area (Å²) in [4.78, 5) is 25.6. The number of amides is 1. The highest BCUT2D eigenvalue weighted by atomic mass is 16.6. The van der Waals surface area contributed by atoms with Gasteiger partial charge in [0.15, 0.2) is 11.5 Å². The van der Waals surface area contributed by atoms with Crippen LogP contribution in [-0.4, -0.2) is 47.7 Å². The number of aliphatic carboxylic acids is 1. The Hall–Kier alpha value is -3.02. The standard InChI is InChI=1S/C19H19NO5/c1-20(14(19(22)23)11-13-7-3-2-4-8-13)18(21)17-12-24-15-9-5-6-10-16(15)25-17/h2-10,14,17H,11-12H2,1H3,(H,22,23)/t14-,17-/m0/s1. The Balaban J connectivity index is 1.73. The second kappa shape index (κ2) is 7.25. The van der Waals surface area contributed by atoms with Gasteiger partial charge in [0.1, 0.15) is 12.6 Å². The lowest BCUT2D eigenvalue weighted by Gasteiger charge is -2.31. The van der Waals surface area contributed by atoms with E-state index in [1.54, 1.807) is 18.2 Å². The number of fused-ring (bicyclic) bond motifs is 1. The Kier molecular flexibility index (Phi) is 4.88. The summed E-state index contributed by atoms with van der Waals surface area (Å²) in [6.07, 6.45) is -0.639. The van der Waals surface area contributed by atoms with E-state index in [1.165, 1.54) is 11.9 Å². The highest BCUT2D eigenvalue weighted by Gasteiger charge is 2.35. The molecule has 25 heavy (non-hydrogen) atoms. The number of para-hydroxylation sites is 2. The van der Waals surface area contributed by atoms with Crippen LogP contribution in [0.1, 0.15) is 5.56 Å². The number of nitrogens with zero attached hydrogens (tertiary/aromatic N) is 1. The molecule has 0 bridgehead atoms.